The van der Waals surface area contributed by atoms with E-state index in [0.717, 1.165) is 6.26 Å². The average Bonchev–Trinajstić information content (AvgIpc) is 2.23. The highest BCUT2D eigenvalue weighted by atomic mass is 32.2. The van der Waals surface area contributed by atoms with Gasteiger partial charge in [0.05, 0.1) is 0 Å². The van der Waals surface area contributed by atoms with E-state index in [1.54, 1.807) is 6.07 Å². The summed E-state index contributed by atoms with van der Waals surface area (Å²) in [7, 11) is -3.30. The minimum atomic E-state index is -3.30. The van der Waals surface area contributed by atoms with E-state index in [2.05, 4.69) is 10.3 Å². The van der Waals surface area contributed by atoms with Crippen molar-refractivity contribution >= 4 is 21.6 Å². The molecule has 1 aromatic heterocycles. The standard InChI is InChI=1S/C10H15N3O3S/c1-17(15,16)8-4-2-6-12-10(8)13-7-3-5-9(11)14/h2,4,6H,3,5,7H2,1H3,(H2,11,14)(H,12,13). The zero-order valence-electron chi connectivity index (χ0n) is 9.51. The zero-order chi connectivity index (χ0) is 12.9. The van der Waals surface area contributed by atoms with Crippen molar-refractivity contribution in [3.05, 3.63) is 18.3 Å². The molecule has 17 heavy (non-hydrogen) atoms. The van der Waals surface area contributed by atoms with Gasteiger partial charge in [0.15, 0.2) is 9.84 Å². The van der Waals surface area contributed by atoms with Crippen LogP contribution < -0.4 is 11.1 Å². The molecule has 7 heteroatoms. The Labute approximate surface area is 100 Å². The van der Waals surface area contributed by atoms with Crippen molar-refractivity contribution in [2.45, 2.75) is 17.7 Å². The second kappa shape index (κ2) is 5.62. The fraction of sp³-hybridized carbons (Fsp3) is 0.400. The van der Waals surface area contributed by atoms with Gasteiger partial charge in [-0.2, -0.15) is 0 Å². The second-order valence-corrected chi connectivity index (χ2v) is 5.60. The number of aromatic nitrogens is 1. The van der Waals surface area contributed by atoms with Gasteiger partial charge in [-0.3, -0.25) is 4.79 Å². The number of carbonyl (C=O) groups excluding carboxylic acids is 1. The monoisotopic (exact) mass is 257 g/mol. The Morgan fingerprint density at radius 2 is 2.24 bits per heavy atom. The molecule has 0 spiro atoms. The number of rotatable bonds is 6. The third-order valence-corrected chi connectivity index (χ3v) is 3.19. The van der Waals surface area contributed by atoms with Gasteiger partial charge in [0, 0.05) is 25.4 Å². The summed E-state index contributed by atoms with van der Waals surface area (Å²) in [5.41, 5.74) is 4.99. The third-order valence-electron chi connectivity index (χ3n) is 2.06. The van der Waals surface area contributed by atoms with Crippen molar-refractivity contribution in [3.63, 3.8) is 0 Å². The molecular weight excluding hydrogens is 242 g/mol. The Morgan fingerprint density at radius 1 is 1.53 bits per heavy atom. The molecule has 0 aliphatic carbocycles. The summed E-state index contributed by atoms with van der Waals surface area (Å²) in [5, 5.41) is 2.88. The van der Waals surface area contributed by atoms with Crippen molar-refractivity contribution in [2.75, 3.05) is 18.1 Å². The minimum absolute atomic E-state index is 0.152. The SMILES string of the molecule is CS(=O)(=O)c1cccnc1NCCCC(N)=O. The van der Waals surface area contributed by atoms with E-state index < -0.39 is 9.84 Å². The molecule has 0 aliphatic rings. The van der Waals surface area contributed by atoms with E-state index in [4.69, 9.17) is 5.73 Å². The maximum absolute atomic E-state index is 11.4. The lowest BCUT2D eigenvalue weighted by atomic mass is 10.3. The van der Waals surface area contributed by atoms with E-state index >= 15 is 0 Å². The van der Waals surface area contributed by atoms with Gasteiger partial charge < -0.3 is 11.1 Å². The van der Waals surface area contributed by atoms with Gasteiger partial charge in [0.1, 0.15) is 10.7 Å². The Bertz CT molecular complexity index is 499. The Morgan fingerprint density at radius 3 is 2.82 bits per heavy atom. The Balaban J connectivity index is 2.68. The lowest BCUT2D eigenvalue weighted by Crippen LogP contribution is -2.14. The van der Waals surface area contributed by atoms with Crippen LogP contribution in [0.5, 0.6) is 0 Å². The molecule has 3 N–H and O–H groups in total. The largest absolute Gasteiger partial charge is 0.370 e. The zero-order valence-corrected chi connectivity index (χ0v) is 10.3. The van der Waals surface area contributed by atoms with Crippen LogP contribution in [-0.2, 0) is 14.6 Å². The Kier molecular flexibility index (Phi) is 4.45. The smallest absolute Gasteiger partial charge is 0.217 e. The van der Waals surface area contributed by atoms with Crippen molar-refractivity contribution < 1.29 is 13.2 Å². The molecule has 1 amide bonds. The lowest BCUT2D eigenvalue weighted by Gasteiger charge is -2.08. The van der Waals surface area contributed by atoms with Crippen LogP contribution in [0.15, 0.2) is 23.2 Å². The quantitative estimate of drug-likeness (QED) is 0.707. The number of hydrogen-bond acceptors (Lipinski definition) is 5. The first-order valence-electron chi connectivity index (χ1n) is 5.08. The van der Waals surface area contributed by atoms with Gasteiger partial charge in [-0.25, -0.2) is 13.4 Å². The number of amides is 1. The highest BCUT2D eigenvalue weighted by Crippen LogP contribution is 2.17. The molecule has 6 nitrogen and oxygen atoms in total. The number of hydrogen-bond donors (Lipinski definition) is 2. The van der Waals surface area contributed by atoms with Crippen LogP contribution in [-0.4, -0.2) is 32.1 Å². The highest BCUT2D eigenvalue weighted by molar-refractivity contribution is 7.90. The van der Waals surface area contributed by atoms with Gasteiger partial charge >= 0.3 is 0 Å². The van der Waals surface area contributed by atoms with Crippen molar-refractivity contribution in [1.82, 2.24) is 4.98 Å². The minimum Gasteiger partial charge on any atom is -0.370 e. The van der Waals surface area contributed by atoms with Crippen LogP contribution in [0.1, 0.15) is 12.8 Å². The van der Waals surface area contributed by atoms with Crippen LogP contribution in [0.25, 0.3) is 0 Å². The first-order chi connectivity index (χ1) is 7.91. The number of sulfone groups is 1. The maximum Gasteiger partial charge on any atom is 0.217 e. The number of nitrogens with one attached hydrogen (secondary N) is 1. The van der Waals surface area contributed by atoms with E-state index in [1.165, 1.54) is 12.3 Å². The molecule has 0 bridgehead atoms. The third kappa shape index (κ3) is 4.39. The number of pyridine rings is 1. The summed E-state index contributed by atoms with van der Waals surface area (Å²) in [6.07, 6.45) is 3.42. The molecule has 94 valence electrons. The second-order valence-electron chi connectivity index (χ2n) is 3.62. The predicted molar refractivity (Wildman–Crippen MR) is 64.3 cm³/mol. The number of nitrogens with zero attached hydrogens (tertiary/aromatic N) is 1. The molecule has 0 fully saturated rings. The number of carbonyl (C=O) groups is 1. The highest BCUT2D eigenvalue weighted by Gasteiger charge is 2.13. The van der Waals surface area contributed by atoms with Crippen molar-refractivity contribution in [1.29, 1.82) is 0 Å². The average molecular weight is 257 g/mol. The summed E-state index contributed by atoms with van der Waals surface area (Å²) in [4.78, 5) is 14.6. The van der Waals surface area contributed by atoms with Crippen molar-refractivity contribution in [2.24, 2.45) is 5.73 Å². The van der Waals surface area contributed by atoms with E-state index in [0.29, 0.717) is 18.8 Å². The van der Waals surface area contributed by atoms with Gasteiger partial charge in [-0.05, 0) is 18.6 Å². The topological polar surface area (TPSA) is 102 Å². The molecule has 1 heterocycles. The van der Waals surface area contributed by atoms with Crippen LogP contribution in [0.4, 0.5) is 5.82 Å². The normalized spacial score (nSPS) is 11.1. The molecule has 1 aromatic rings. The predicted octanol–water partition coefficient (Wildman–Crippen LogP) is 0.162. The Hall–Kier alpha value is -1.63. The van der Waals surface area contributed by atoms with Crippen LogP contribution in [0.2, 0.25) is 0 Å². The molecule has 0 atom stereocenters. The van der Waals surface area contributed by atoms with E-state index in [-0.39, 0.29) is 17.2 Å². The molecule has 0 unspecified atom stereocenters. The molecular formula is C10H15N3O3S. The molecule has 0 radical (unpaired) electrons. The maximum atomic E-state index is 11.4. The van der Waals surface area contributed by atoms with Crippen LogP contribution in [0, 0.1) is 0 Å². The number of nitrogens with two attached hydrogens (primary N) is 1. The fourth-order valence-electron chi connectivity index (χ4n) is 1.29. The first kappa shape index (κ1) is 13.4. The molecule has 1 rings (SSSR count). The van der Waals surface area contributed by atoms with Crippen LogP contribution >= 0.6 is 0 Å². The summed E-state index contributed by atoms with van der Waals surface area (Å²) in [6.45, 7) is 0.447. The fourth-order valence-corrected chi connectivity index (χ4v) is 2.09. The van der Waals surface area contributed by atoms with Crippen molar-refractivity contribution in [3.8, 4) is 0 Å². The van der Waals surface area contributed by atoms with Crippen LogP contribution in [0.3, 0.4) is 0 Å². The van der Waals surface area contributed by atoms with Gasteiger partial charge in [-0.15, -0.1) is 0 Å². The lowest BCUT2D eigenvalue weighted by molar-refractivity contribution is -0.118. The summed E-state index contributed by atoms with van der Waals surface area (Å²) < 4.78 is 22.9. The molecule has 0 aliphatic heterocycles. The number of primary amides is 1. The van der Waals surface area contributed by atoms with Gasteiger partial charge in [0.25, 0.3) is 0 Å². The van der Waals surface area contributed by atoms with E-state index in [1.807, 2.05) is 0 Å². The van der Waals surface area contributed by atoms with E-state index in [9.17, 15) is 13.2 Å². The molecule has 0 saturated heterocycles. The first-order valence-corrected chi connectivity index (χ1v) is 6.97. The van der Waals surface area contributed by atoms with Gasteiger partial charge in [-0.1, -0.05) is 0 Å². The number of anilines is 1. The molecule has 0 aromatic carbocycles. The molecule has 0 saturated carbocycles. The summed E-state index contributed by atoms with van der Waals surface area (Å²) in [5.74, 6) is -0.0735. The summed E-state index contributed by atoms with van der Waals surface area (Å²) in [6, 6.07) is 3.05. The summed E-state index contributed by atoms with van der Waals surface area (Å²) >= 11 is 0. The van der Waals surface area contributed by atoms with Gasteiger partial charge in [0.2, 0.25) is 5.91 Å².